The molecule has 0 aromatic carbocycles. The van der Waals surface area contributed by atoms with Crippen molar-refractivity contribution >= 4 is 0 Å². The highest BCUT2D eigenvalue weighted by Gasteiger charge is 2.44. The first kappa shape index (κ1) is 13.0. The van der Waals surface area contributed by atoms with Crippen LogP contribution >= 0.6 is 0 Å². The van der Waals surface area contributed by atoms with Gasteiger partial charge in [-0.3, -0.25) is 14.3 Å². The predicted octanol–water partition coefficient (Wildman–Crippen LogP) is -0.780. The van der Waals surface area contributed by atoms with Crippen LogP contribution in [0.15, 0.2) is 21.9 Å². The van der Waals surface area contributed by atoms with Gasteiger partial charge >= 0.3 is 5.69 Å². The minimum absolute atomic E-state index is 0.390. The summed E-state index contributed by atoms with van der Waals surface area (Å²) >= 11 is 0. The lowest BCUT2D eigenvalue weighted by Crippen LogP contribution is -2.38. The molecule has 2 heterocycles. The highest BCUT2D eigenvalue weighted by atomic mass is 16.6. The van der Waals surface area contributed by atoms with Crippen LogP contribution in [-0.2, 0) is 9.47 Å². The molecule has 0 saturated carbocycles. The van der Waals surface area contributed by atoms with E-state index in [0.29, 0.717) is 6.42 Å². The fraction of sp³-hybridized carbons (Fsp3) is 0.636. The van der Waals surface area contributed by atoms with Crippen molar-refractivity contribution < 1.29 is 14.6 Å². The Bertz CT molecular complexity index is 523. The molecule has 100 valence electrons. The third-order valence-electron chi connectivity index (χ3n) is 3.11. The zero-order chi connectivity index (χ0) is 13.3. The molecule has 1 saturated heterocycles. The SMILES string of the molecule is CC[C@H]1O[C@@H](n2ccc(=O)[nH]c2=O)[C@H](OC)[C@H]1O. The number of hydrogen-bond donors (Lipinski definition) is 2. The maximum absolute atomic E-state index is 11.7. The molecule has 0 spiro atoms. The summed E-state index contributed by atoms with van der Waals surface area (Å²) in [7, 11) is 1.44. The number of rotatable bonds is 3. The number of aliphatic hydroxyl groups is 1. The average molecular weight is 256 g/mol. The summed E-state index contributed by atoms with van der Waals surface area (Å²) in [6.45, 7) is 1.87. The largest absolute Gasteiger partial charge is 0.388 e. The normalized spacial score (nSPS) is 31.7. The molecule has 0 bridgehead atoms. The molecule has 7 heteroatoms. The van der Waals surface area contributed by atoms with Crippen LogP contribution in [0.4, 0.5) is 0 Å². The molecule has 0 amide bonds. The van der Waals surface area contributed by atoms with E-state index in [1.165, 1.54) is 23.9 Å². The standard InChI is InChI=1S/C11H16N2O5/c1-3-6-8(15)9(17-2)10(18-6)13-5-4-7(14)12-11(13)16/h4-6,8-10,15H,3H2,1-2H3,(H,12,14,16)/t6-,8+,9-,10-/m1/s1. The lowest BCUT2D eigenvalue weighted by Gasteiger charge is -2.20. The Kier molecular flexibility index (Phi) is 3.65. The van der Waals surface area contributed by atoms with Crippen molar-refractivity contribution in [3.05, 3.63) is 33.1 Å². The second-order valence-electron chi connectivity index (χ2n) is 4.18. The Labute approximate surface area is 103 Å². The van der Waals surface area contributed by atoms with Crippen LogP contribution < -0.4 is 11.2 Å². The van der Waals surface area contributed by atoms with Crippen LogP contribution in [0.2, 0.25) is 0 Å². The van der Waals surface area contributed by atoms with Crippen molar-refractivity contribution in [3.63, 3.8) is 0 Å². The fourth-order valence-electron chi connectivity index (χ4n) is 2.16. The van der Waals surface area contributed by atoms with E-state index in [2.05, 4.69) is 4.98 Å². The van der Waals surface area contributed by atoms with E-state index in [-0.39, 0.29) is 0 Å². The monoisotopic (exact) mass is 256 g/mol. The van der Waals surface area contributed by atoms with E-state index in [9.17, 15) is 14.7 Å². The molecule has 1 aromatic rings. The number of aliphatic hydroxyl groups excluding tert-OH is 1. The van der Waals surface area contributed by atoms with Gasteiger partial charge < -0.3 is 14.6 Å². The van der Waals surface area contributed by atoms with E-state index in [4.69, 9.17) is 9.47 Å². The van der Waals surface area contributed by atoms with Crippen LogP contribution in [0, 0.1) is 0 Å². The summed E-state index contributed by atoms with van der Waals surface area (Å²) in [6, 6.07) is 1.23. The molecule has 2 N–H and O–H groups in total. The number of hydrogen-bond acceptors (Lipinski definition) is 5. The van der Waals surface area contributed by atoms with Crippen LogP contribution in [0.1, 0.15) is 19.6 Å². The molecule has 0 unspecified atom stereocenters. The Balaban J connectivity index is 2.38. The van der Waals surface area contributed by atoms with Gasteiger partial charge in [-0.25, -0.2) is 4.79 Å². The number of ether oxygens (including phenoxy) is 2. The van der Waals surface area contributed by atoms with Gasteiger partial charge in [-0.15, -0.1) is 0 Å². The number of nitrogens with one attached hydrogen (secondary N) is 1. The Hall–Kier alpha value is -1.44. The lowest BCUT2D eigenvalue weighted by atomic mass is 10.1. The molecule has 1 aliphatic heterocycles. The summed E-state index contributed by atoms with van der Waals surface area (Å²) in [6.07, 6.45) is -0.626. The molecule has 2 rings (SSSR count). The first-order valence-electron chi connectivity index (χ1n) is 5.76. The van der Waals surface area contributed by atoms with Crippen LogP contribution in [0.3, 0.4) is 0 Å². The van der Waals surface area contributed by atoms with Gasteiger partial charge in [0.15, 0.2) is 6.23 Å². The van der Waals surface area contributed by atoms with E-state index >= 15 is 0 Å². The summed E-state index contributed by atoms with van der Waals surface area (Å²) in [5, 5.41) is 9.99. The van der Waals surface area contributed by atoms with E-state index in [1.807, 2.05) is 6.92 Å². The summed E-state index contributed by atoms with van der Waals surface area (Å²) < 4.78 is 12.0. The molecule has 1 aromatic heterocycles. The zero-order valence-corrected chi connectivity index (χ0v) is 10.2. The predicted molar refractivity (Wildman–Crippen MR) is 62.3 cm³/mol. The molecule has 1 fully saturated rings. The Morgan fingerprint density at radius 3 is 2.83 bits per heavy atom. The minimum Gasteiger partial charge on any atom is -0.388 e. The van der Waals surface area contributed by atoms with Gasteiger partial charge in [-0.05, 0) is 6.42 Å². The maximum atomic E-state index is 11.7. The molecular weight excluding hydrogens is 240 g/mol. The summed E-state index contributed by atoms with van der Waals surface area (Å²) in [5.74, 6) is 0. The Morgan fingerprint density at radius 2 is 2.28 bits per heavy atom. The third-order valence-corrected chi connectivity index (χ3v) is 3.11. The van der Waals surface area contributed by atoms with E-state index < -0.39 is 35.8 Å². The van der Waals surface area contributed by atoms with Crippen molar-refractivity contribution in [1.82, 2.24) is 9.55 Å². The van der Waals surface area contributed by atoms with Gasteiger partial charge in [0.2, 0.25) is 0 Å². The quantitative estimate of drug-likeness (QED) is 0.740. The molecule has 0 radical (unpaired) electrons. The van der Waals surface area contributed by atoms with Crippen LogP contribution in [-0.4, -0.2) is 40.1 Å². The van der Waals surface area contributed by atoms with Crippen molar-refractivity contribution in [2.24, 2.45) is 0 Å². The van der Waals surface area contributed by atoms with Gasteiger partial charge in [0, 0.05) is 19.4 Å². The maximum Gasteiger partial charge on any atom is 0.330 e. The van der Waals surface area contributed by atoms with Gasteiger partial charge in [-0.1, -0.05) is 6.92 Å². The molecule has 0 aliphatic carbocycles. The highest BCUT2D eigenvalue weighted by Crippen LogP contribution is 2.31. The van der Waals surface area contributed by atoms with Crippen LogP contribution in [0.5, 0.6) is 0 Å². The number of aromatic amines is 1. The molecular formula is C11H16N2O5. The molecule has 18 heavy (non-hydrogen) atoms. The average Bonchev–Trinajstić information content (AvgIpc) is 2.65. The third kappa shape index (κ3) is 2.12. The molecule has 1 aliphatic rings. The van der Waals surface area contributed by atoms with Crippen molar-refractivity contribution in [2.75, 3.05) is 7.11 Å². The summed E-state index contributed by atoms with van der Waals surface area (Å²) in [4.78, 5) is 24.8. The van der Waals surface area contributed by atoms with E-state index in [0.717, 1.165) is 0 Å². The fourth-order valence-corrected chi connectivity index (χ4v) is 2.16. The molecule has 7 nitrogen and oxygen atoms in total. The first-order chi connectivity index (χ1) is 8.58. The van der Waals surface area contributed by atoms with Gasteiger partial charge in [0.25, 0.3) is 5.56 Å². The zero-order valence-electron chi connectivity index (χ0n) is 10.2. The van der Waals surface area contributed by atoms with Crippen molar-refractivity contribution in [1.29, 1.82) is 0 Å². The number of aromatic nitrogens is 2. The van der Waals surface area contributed by atoms with Crippen LogP contribution in [0.25, 0.3) is 0 Å². The minimum atomic E-state index is -0.802. The van der Waals surface area contributed by atoms with Gasteiger partial charge in [-0.2, -0.15) is 0 Å². The second-order valence-corrected chi connectivity index (χ2v) is 4.18. The Morgan fingerprint density at radius 1 is 1.56 bits per heavy atom. The van der Waals surface area contributed by atoms with E-state index in [1.54, 1.807) is 0 Å². The molecule has 4 atom stereocenters. The topological polar surface area (TPSA) is 93.6 Å². The van der Waals surface area contributed by atoms with Gasteiger partial charge in [0.1, 0.15) is 12.2 Å². The van der Waals surface area contributed by atoms with Gasteiger partial charge in [0.05, 0.1) is 6.10 Å². The lowest BCUT2D eigenvalue weighted by molar-refractivity contribution is -0.0542. The first-order valence-corrected chi connectivity index (χ1v) is 5.76. The number of H-pyrrole nitrogens is 1. The highest BCUT2D eigenvalue weighted by molar-refractivity contribution is 4.93. The second kappa shape index (κ2) is 5.05. The number of methoxy groups -OCH3 is 1. The smallest absolute Gasteiger partial charge is 0.330 e. The summed E-state index contributed by atoms with van der Waals surface area (Å²) in [5.41, 5.74) is -1.06. The van der Waals surface area contributed by atoms with Crippen molar-refractivity contribution in [3.8, 4) is 0 Å². The van der Waals surface area contributed by atoms with Crippen molar-refractivity contribution in [2.45, 2.75) is 37.9 Å². The number of nitrogens with zero attached hydrogens (tertiary/aromatic N) is 1.